The van der Waals surface area contributed by atoms with Crippen LogP contribution in [0.3, 0.4) is 0 Å². The average Bonchev–Trinajstić information content (AvgIpc) is 2.76. The van der Waals surface area contributed by atoms with Gasteiger partial charge in [0.25, 0.3) is 0 Å². The maximum absolute atomic E-state index is 4.48. The monoisotopic (exact) mass is 234 g/mol. The van der Waals surface area contributed by atoms with Gasteiger partial charge >= 0.3 is 0 Å². The Kier molecular flexibility index (Phi) is 3.58. The molecule has 0 atom stereocenters. The van der Waals surface area contributed by atoms with E-state index in [2.05, 4.69) is 34.1 Å². The Morgan fingerprint density at radius 3 is 2.75 bits per heavy atom. The normalized spacial score (nSPS) is 10.9. The third-order valence-electron chi connectivity index (χ3n) is 2.00. The Morgan fingerprint density at radius 2 is 2.06 bits per heavy atom. The summed E-state index contributed by atoms with van der Waals surface area (Å²) in [5, 5.41) is 6.25. The lowest BCUT2D eigenvalue weighted by atomic mass is 10.4. The number of nitrogens with one attached hydrogen (secondary N) is 1. The van der Waals surface area contributed by atoms with Gasteiger partial charge in [-0.1, -0.05) is 13.8 Å². The van der Waals surface area contributed by atoms with Gasteiger partial charge in [0.2, 0.25) is 0 Å². The summed E-state index contributed by atoms with van der Waals surface area (Å²) in [5.41, 5.74) is 1.04. The largest absolute Gasteiger partial charge is 0.309 e. The van der Waals surface area contributed by atoms with Gasteiger partial charge in [-0.25, -0.2) is 15.0 Å². The lowest BCUT2D eigenvalue weighted by Crippen LogP contribution is -2.21. The van der Waals surface area contributed by atoms with Crippen LogP contribution in [0.4, 0.5) is 0 Å². The van der Waals surface area contributed by atoms with Gasteiger partial charge in [0.1, 0.15) is 0 Å². The lowest BCUT2D eigenvalue weighted by molar-refractivity contribution is 0.583. The van der Waals surface area contributed by atoms with Crippen LogP contribution < -0.4 is 5.32 Å². The smallest absolute Gasteiger partial charge is 0.188 e. The van der Waals surface area contributed by atoms with Crippen molar-refractivity contribution < 1.29 is 0 Å². The maximum atomic E-state index is 4.48. The fourth-order valence-electron chi connectivity index (χ4n) is 1.21. The second-order valence-electron chi connectivity index (χ2n) is 3.75. The number of aromatic nitrogens is 3. The Labute approximate surface area is 98.8 Å². The van der Waals surface area contributed by atoms with Crippen LogP contribution >= 0.6 is 11.3 Å². The van der Waals surface area contributed by atoms with Crippen LogP contribution in [0.25, 0.3) is 10.8 Å². The maximum Gasteiger partial charge on any atom is 0.188 e. The first-order valence-electron chi connectivity index (χ1n) is 5.21. The quantitative estimate of drug-likeness (QED) is 0.880. The van der Waals surface area contributed by atoms with Crippen LogP contribution in [0.5, 0.6) is 0 Å². The second-order valence-corrected chi connectivity index (χ2v) is 4.61. The number of hydrogen-bond acceptors (Lipinski definition) is 5. The summed E-state index contributed by atoms with van der Waals surface area (Å²) < 4.78 is 0. The van der Waals surface area contributed by atoms with Crippen molar-refractivity contribution in [3.63, 3.8) is 0 Å². The van der Waals surface area contributed by atoms with E-state index in [-0.39, 0.29) is 0 Å². The SMILES string of the molecule is CC(C)NCc1csc(-c2ncccn2)n1. The molecule has 1 N–H and O–H groups in total. The first-order chi connectivity index (χ1) is 7.75. The van der Waals surface area contributed by atoms with Crippen molar-refractivity contribution in [1.82, 2.24) is 20.3 Å². The van der Waals surface area contributed by atoms with E-state index >= 15 is 0 Å². The van der Waals surface area contributed by atoms with Gasteiger partial charge in [-0.3, -0.25) is 0 Å². The van der Waals surface area contributed by atoms with Crippen LogP contribution in [-0.2, 0) is 6.54 Å². The topological polar surface area (TPSA) is 50.7 Å². The molecule has 5 heteroatoms. The molecule has 0 saturated carbocycles. The molecule has 0 unspecified atom stereocenters. The van der Waals surface area contributed by atoms with Crippen molar-refractivity contribution >= 4 is 11.3 Å². The van der Waals surface area contributed by atoms with E-state index in [4.69, 9.17) is 0 Å². The third-order valence-corrected chi connectivity index (χ3v) is 2.89. The number of rotatable bonds is 4. The van der Waals surface area contributed by atoms with E-state index in [0.717, 1.165) is 17.2 Å². The van der Waals surface area contributed by atoms with Crippen molar-refractivity contribution in [1.29, 1.82) is 0 Å². The van der Waals surface area contributed by atoms with Gasteiger partial charge in [0, 0.05) is 30.4 Å². The summed E-state index contributed by atoms with van der Waals surface area (Å²) in [6, 6.07) is 2.27. The van der Waals surface area contributed by atoms with Crippen molar-refractivity contribution in [3.8, 4) is 10.8 Å². The minimum atomic E-state index is 0.470. The van der Waals surface area contributed by atoms with Crippen molar-refractivity contribution in [2.75, 3.05) is 0 Å². The molecule has 0 aliphatic carbocycles. The van der Waals surface area contributed by atoms with Gasteiger partial charge in [-0.05, 0) is 6.07 Å². The highest BCUT2D eigenvalue weighted by Gasteiger charge is 2.06. The summed E-state index contributed by atoms with van der Waals surface area (Å²) in [7, 11) is 0. The zero-order chi connectivity index (χ0) is 11.4. The highest BCUT2D eigenvalue weighted by Crippen LogP contribution is 2.19. The molecule has 16 heavy (non-hydrogen) atoms. The van der Waals surface area contributed by atoms with Crippen LogP contribution in [-0.4, -0.2) is 21.0 Å². The fourth-order valence-corrected chi connectivity index (χ4v) is 1.97. The molecule has 2 aromatic heterocycles. The molecule has 0 saturated heterocycles. The predicted molar refractivity (Wildman–Crippen MR) is 65.1 cm³/mol. The molecular weight excluding hydrogens is 220 g/mol. The summed E-state index contributed by atoms with van der Waals surface area (Å²) in [5.74, 6) is 0.697. The van der Waals surface area contributed by atoms with Crippen LogP contribution in [0.2, 0.25) is 0 Å². The molecule has 2 aromatic rings. The summed E-state index contributed by atoms with van der Waals surface area (Å²) in [6.07, 6.45) is 3.46. The van der Waals surface area contributed by atoms with E-state index in [0.29, 0.717) is 11.9 Å². The summed E-state index contributed by atoms with van der Waals surface area (Å²) >= 11 is 1.58. The first kappa shape index (κ1) is 11.2. The number of hydrogen-bond donors (Lipinski definition) is 1. The third kappa shape index (κ3) is 2.84. The highest BCUT2D eigenvalue weighted by molar-refractivity contribution is 7.13. The first-order valence-corrected chi connectivity index (χ1v) is 6.09. The van der Waals surface area contributed by atoms with Crippen LogP contribution in [0.1, 0.15) is 19.5 Å². The predicted octanol–water partition coefficient (Wildman–Crippen LogP) is 2.10. The lowest BCUT2D eigenvalue weighted by Gasteiger charge is -2.04. The molecule has 2 heterocycles. The van der Waals surface area contributed by atoms with E-state index in [1.54, 1.807) is 29.8 Å². The Morgan fingerprint density at radius 1 is 1.31 bits per heavy atom. The van der Waals surface area contributed by atoms with Gasteiger partial charge < -0.3 is 5.32 Å². The minimum absolute atomic E-state index is 0.470. The second kappa shape index (κ2) is 5.14. The van der Waals surface area contributed by atoms with E-state index in [1.807, 2.05) is 5.38 Å². The Hall–Kier alpha value is -1.33. The summed E-state index contributed by atoms with van der Waals surface area (Å²) in [6.45, 7) is 5.03. The number of thiazole rings is 1. The molecule has 4 nitrogen and oxygen atoms in total. The Bertz CT molecular complexity index is 438. The Balaban J connectivity index is 2.08. The molecular formula is C11H14N4S. The highest BCUT2D eigenvalue weighted by atomic mass is 32.1. The van der Waals surface area contributed by atoms with Crippen molar-refractivity contribution in [2.45, 2.75) is 26.4 Å². The zero-order valence-electron chi connectivity index (χ0n) is 9.34. The number of nitrogens with zero attached hydrogens (tertiary/aromatic N) is 3. The van der Waals surface area contributed by atoms with Gasteiger partial charge in [0.05, 0.1) is 5.69 Å². The average molecular weight is 234 g/mol. The summed E-state index contributed by atoms with van der Waals surface area (Å²) in [4.78, 5) is 12.8. The minimum Gasteiger partial charge on any atom is -0.309 e. The molecule has 84 valence electrons. The zero-order valence-corrected chi connectivity index (χ0v) is 10.2. The van der Waals surface area contributed by atoms with Crippen LogP contribution in [0, 0.1) is 0 Å². The molecule has 0 aliphatic rings. The van der Waals surface area contributed by atoms with Gasteiger partial charge in [-0.2, -0.15) is 0 Å². The molecule has 0 spiro atoms. The molecule has 0 aromatic carbocycles. The fraction of sp³-hybridized carbons (Fsp3) is 0.364. The molecule has 0 radical (unpaired) electrons. The van der Waals surface area contributed by atoms with Gasteiger partial charge in [0.15, 0.2) is 10.8 Å². The van der Waals surface area contributed by atoms with Crippen molar-refractivity contribution in [3.05, 3.63) is 29.5 Å². The molecule has 0 fully saturated rings. The molecule has 2 rings (SSSR count). The molecule has 0 bridgehead atoms. The van der Waals surface area contributed by atoms with E-state index < -0.39 is 0 Å². The standard InChI is InChI=1S/C11H14N4S/c1-8(2)14-6-9-7-16-11(15-9)10-12-4-3-5-13-10/h3-5,7-8,14H,6H2,1-2H3. The van der Waals surface area contributed by atoms with Gasteiger partial charge in [-0.15, -0.1) is 11.3 Å². The van der Waals surface area contributed by atoms with Crippen molar-refractivity contribution in [2.24, 2.45) is 0 Å². The molecule has 0 aliphatic heterocycles. The van der Waals surface area contributed by atoms with Crippen LogP contribution in [0.15, 0.2) is 23.8 Å². The molecule has 0 amide bonds. The van der Waals surface area contributed by atoms with E-state index in [9.17, 15) is 0 Å². The van der Waals surface area contributed by atoms with E-state index in [1.165, 1.54) is 0 Å².